The fourth-order valence-electron chi connectivity index (χ4n) is 8.12. The molecule has 0 radical (unpaired) electrons. The molecule has 0 saturated carbocycles. The maximum atomic E-state index is 6.34. The zero-order valence-corrected chi connectivity index (χ0v) is 27.6. The highest BCUT2D eigenvalue weighted by molar-refractivity contribution is 6.14. The fourth-order valence-corrected chi connectivity index (χ4v) is 8.12. The number of nitrogens with zero attached hydrogens (tertiary/aromatic N) is 2. The molecule has 3 heteroatoms. The molecule has 8 aromatic carbocycles. The van der Waals surface area contributed by atoms with Gasteiger partial charge in [0.2, 0.25) is 0 Å². The van der Waals surface area contributed by atoms with Crippen LogP contribution >= 0.6 is 0 Å². The highest BCUT2D eigenvalue weighted by Gasteiger charge is 2.23. The summed E-state index contributed by atoms with van der Waals surface area (Å²) in [4.78, 5) is 0. The number of fused-ring (bicyclic) bond motifs is 8. The minimum absolute atomic E-state index is 0.882. The number of para-hydroxylation sites is 3. The lowest BCUT2D eigenvalue weighted by atomic mass is 10.0. The Labute approximate surface area is 294 Å². The standard InChI is InChI=1S/C48H30N2O/c1-3-10-31(11-4-1)34-20-25-42-40(29-34)41-30-35(32-12-5-2-6-13-32)21-26-43(41)49(42)37-23-18-33(19-24-37)36-22-27-44-39(28-36)38-14-9-17-47-48(38)50(44)45-15-7-8-16-46(45)51-47/h1-30H. The lowest BCUT2D eigenvalue weighted by Gasteiger charge is -2.20. The van der Waals surface area contributed by atoms with Crippen molar-refractivity contribution in [2.75, 3.05) is 0 Å². The smallest absolute Gasteiger partial charge is 0.152 e. The van der Waals surface area contributed by atoms with Gasteiger partial charge < -0.3 is 13.9 Å². The van der Waals surface area contributed by atoms with Crippen molar-refractivity contribution in [1.29, 1.82) is 0 Å². The lowest BCUT2D eigenvalue weighted by Crippen LogP contribution is -2.03. The van der Waals surface area contributed by atoms with Gasteiger partial charge in [0.25, 0.3) is 0 Å². The maximum Gasteiger partial charge on any atom is 0.152 e. The van der Waals surface area contributed by atoms with Gasteiger partial charge in [-0.1, -0.05) is 115 Å². The monoisotopic (exact) mass is 650 g/mol. The van der Waals surface area contributed by atoms with Crippen LogP contribution in [0.5, 0.6) is 11.5 Å². The van der Waals surface area contributed by atoms with Gasteiger partial charge in [-0.25, -0.2) is 0 Å². The number of hydrogen-bond donors (Lipinski definition) is 0. The van der Waals surface area contributed by atoms with E-state index in [0.717, 1.165) is 28.4 Å². The van der Waals surface area contributed by atoms with Crippen molar-refractivity contribution in [3.05, 3.63) is 182 Å². The Bertz CT molecular complexity index is 2870. The van der Waals surface area contributed by atoms with E-state index in [2.05, 4.69) is 179 Å². The Hall–Kier alpha value is -6.84. The molecule has 10 aromatic rings. The first-order valence-corrected chi connectivity index (χ1v) is 17.4. The molecule has 0 N–H and O–H groups in total. The highest BCUT2D eigenvalue weighted by atomic mass is 16.5. The summed E-state index contributed by atoms with van der Waals surface area (Å²) < 4.78 is 11.1. The molecular weight excluding hydrogens is 621 g/mol. The van der Waals surface area contributed by atoms with Gasteiger partial charge in [0, 0.05) is 27.2 Å². The van der Waals surface area contributed by atoms with Crippen molar-refractivity contribution < 1.29 is 4.74 Å². The third kappa shape index (κ3) is 4.25. The van der Waals surface area contributed by atoms with Crippen LogP contribution in [0.25, 0.3) is 88.4 Å². The number of benzene rings is 8. The Kier molecular flexibility index (Phi) is 5.96. The molecule has 0 spiro atoms. The van der Waals surface area contributed by atoms with Gasteiger partial charge in [0.05, 0.1) is 27.8 Å². The first-order valence-electron chi connectivity index (χ1n) is 17.4. The summed E-state index contributed by atoms with van der Waals surface area (Å²) in [7, 11) is 0. The lowest BCUT2D eigenvalue weighted by molar-refractivity contribution is 0.476. The Balaban J connectivity index is 1.05. The predicted molar refractivity (Wildman–Crippen MR) is 212 cm³/mol. The quantitative estimate of drug-likeness (QED) is 0.185. The summed E-state index contributed by atoms with van der Waals surface area (Å²) in [6.07, 6.45) is 0. The average molecular weight is 651 g/mol. The van der Waals surface area contributed by atoms with Crippen LogP contribution in [-0.4, -0.2) is 9.13 Å². The van der Waals surface area contributed by atoms with Crippen LogP contribution in [0, 0.1) is 0 Å². The van der Waals surface area contributed by atoms with Crippen molar-refractivity contribution in [3.63, 3.8) is 0 Å². The number of rotatable bonds is 4. The van der Waals surface area contributed by atoms with Crippen molar-refractivity contribution in [2.45, 2.75) is 0 Å². The van der Waals surface area contributed by atoms with Crippen molar-refractivity contribution >= 4 is 43.6 Å². The molecule has 0 aliphatic carbocycles. The second-order valence-corrected chi connectivity index (χ2v) is 13.4. The topological polar surface area (TPSA) is 19.1 Å². The zero-order valence-electron chi connectivity index (χ0n) is 27.6. The molecule has 3 heterocycles. The molecule has 11 rings (SSSR count). The first-order chi connectivity index (χ1) is 25.3. The van der Waals surface area contributed by atoms with Crippen molar-refractivity contribution in [3.8, 4) is 56.3 Å². The molecule has 0 unspecified atom stereocenters. The van der Waals surface area contributed by atoms with Gasteiger partial charge in [0.15, 0.2) is 11.5 Å². The highest BCUT2D eigenvalue weighted by Crippen LogP contribution is 2.46. The van der Waals surface area contributed by atoms with E-state index in [0.29, 0.717) is 0 Å². The molecular formula is C48H30N2O. The zero-order chi connectivity index (χ0) is 33.5. The molecule has 0 atom stereocenters. The van der Waals surface area contributed by atoms with E-state index < -0.39 is 0 Å². The summed E-state index contributed by atoms with van der Waals surface area (Å²) >= 11 is 0. The summed E-state index contributed by atoms with van der Waals surface area (Å²) in [6.45, 7) is 0. The Morgan fingerprint density at radius 1 is 0.314 bits per heavy atom. The van der Waals surface area contributed by atoms with Gasteiger partial charge in [-0.2, -0.15) is 0 Å². The molecule has 51 heavy (non-hydrogen) atoms. The van der Waals surface area contributed by atoms with Crippen molar-refractivity contribution in [1.82, 2.24) is 9.13 Å². The molecule has 0 amide bonds. The second kappa shape index (κ2) is 10.8. The Morgan fingerprint density at radius 3 is 1.39 bits per heavy atom. The van der Waals surface area contributed by atoms with E-state index in [1.54, 1.807) is 0 Å². The minimum Gasteiger partial charge on any atom is -0.453 e. The molecule has 238 valence electrons. The molecule has 0 bridgehead atoms. The predicted octanol–water partition coefficient (Wildman–Crippen LogP) is 13.0. The maximum absolute atomic E-state index is 6.34. The number of ether oxygens (including phenoxy) is 1. The van der Waals surface area contributed by atoms with E-state index in [1.165, 1.54) is 71.5 Å². The van der Waals surface area contributed by atoms with Crippen molar-refractivity contribution in [2.24, 2.45) is 0 Å². The largest absolute Gasteiger partial charge is 0.453 e. The van der Waals surface area contributed by atoms with E-state index in [9.17, 15) is 0 Å². The van der Waals surface area contributed by atoms with Crippen LogP contribution in [0.2, 0.25) is 0 Å². The Morgan fingerprint density at radius 2 is 0.784 bits per heavy atom. The molecule has 3 nitrogen and oxygen atoms in total. The third-order valence-corrected chi connectivity index (χ3v) is 10.5. The molecule has 2 aromatic heterocycles. The summed E-state index contributed by atoms with van der Waals surface area (Å²) in [5.74, 6) is 1.78. The van der Waals surface area contributed by atoms with E-state index >= 15 is 0 Å². The molecule has 1 aliphatic rings. The average Bonchev–Trinajstić information content (AvgIpc) is 3.71. The van der Waals surface area contributed by atoms with E-state index in [1.807, 2.05) is 12.1 Å². The van der Waals surface area contributed by atoms with Crippen LogP contribution in [0.1, 0.15) is 0 Å². The van der Waals surface area contributed by atoms with E-state index in [-0.39, 0.29) is 0 Å². The van der Waals surface area contributed by atoms with Gasteiger partial charge >= 0.3 is 0 Å². The SMILES string of the molecule is c1ccc(-c2ccc3c(c2)c2cc(-c4ccccc4)ccc2n3-c2ccc(-c3ccc4c(c3)c3cccc5c3n4-c3ccccc3O5)cc2)cc1. The fraction of sp³-hybridized carbons (Fsp3) is 0. The summed E-state index contributed by atoms with van der Waals surface area (Å²) in [6, 6.07) is 65.6. The number of aromatic nitrogens is 2. The third-order valence-electron chi connectivity index (χ3n) is 10.5. The normalized spacial score (nSPS) is 12.1. The van der Waals surface area contributed by atoms with Gasteiger partial charge in [-0.05, 0) is 100 Å². The second-order valence-electron chi connectivity index (χ2n) is 13.4. The van der Waals surface area contributed by atoms with Crippen LogP contribution < -0.4 is 4.74 Å². The minimum atomic E-state index is 0.882. The summed E-state index contributed by atoms with van der Waals surface area (Å²) in [5.41, 5.74) is 14.2. The van der Waals surface area contributed by atoms with Crippen LogP contribution in [0.4, 0.5) is 0 Å². The number of hydrogen-bond acceptors (Lipinski definition) is 1. The van der Waals surface area contributed by atoms with Gasteiger partial charge in [0.1, 0.15) is 0 Å². The molecule has 1 aliphatic heterocycles. The summed E-state index contributed by atoms with van der Waals surface area (Å²) in [5, 5.41) is 4.92. The molecule has 0 fully saturated rings. The van der Waals surface area contributed by atoms with E-state index in [4.69, 9.17) is 4.74 Å². The van der Waals surface area contributed by atoms with Gasteiger partial charge in [-0.3, -0.25) is 0 Å². The molecule has 0 saturated heterocycles. The van der Waals surface area contributed by atoms with Crippen LogP contribution in [-0.2, 0) is 0 Å². The first kappa shape index (κ1) is 28.0. The van der Waals surface area contributed by atoms with Gasteiger partial charge in [-0.15, -0.1) is 0 Å². The van der Waals surface area contributed by atoms with Crippen LogP contribution in [0.15, 0.2) is 182 Å². The van der Waals surface area contributed by atoms with Crippen LogP contribution in [0.3, 0.4) is 0 Å².